The summed E-state index contributed by atoms with van der Waals surface area (Å²) in [6.45, 7) is 0.493. The fourth-order valence-corrected chi connectivity index (χ4v) is 4.82. The van der Waals surface area contributed by atoms with Crippen molar-refractivity contribution in [2.24, 2.45) is 0 Å². The van der Waals surface area contributed by atoms with E-state index >= 15 is 0 Å². The molecule has 7 nitrogen and oxygen atoms in total. The van der Waals surface area contributed by atoms with Crippen LogP contribution in [-0.2, 0) is 16.4 Å². The lowest BCUT2D eigenvalue weighted by molar-refractivity contribution is 0.174. The first-order chi connectivity index (χ1) is 15.5. The average molecular weight is 513 g/mol. The first kappa shape index (κ1) is 20.6. The maximum absolute atomic E-state index is 13.3. The Morgan fingerprint density at radius 3 is 2.47 bits per heavy atom. The molecule has 5 rings (SSSR count). The third-order valence-electron chi connectivity index (χ3n) is 4.89. The van der Waals surface area contributed by atoms with Gasteiger partial charge in [0.25, 0.3) is 0 Å². The monoisotopic (exact) mass is 512 g/mol. The molecule has 1 aliphatic heterocycles. The number of anilines is 1. The Kier molecular flexibility index (Phi) is 5.36. The molecule has 0 atom stereocenters. The molecule has 0 bridgehead atoms. The Balaban J connectivity index is 1.51. The molecule has 4 aromatic rings. The van der Waals surface area contributed by atoms with E-state index in [1.807, 2.05) is 30.3 Å². The van der Waals surface area contributed by atoms with Gasteiger partial charge in [0, 0.05) is 16.6 Å². The number of hydrogen-bond donors (Lipinski definition) is 1. The van der Waals surface area contributed by atoms with E-state index in [-0.39, 0.29) is 28.5 Å². The van der Waals surface area contributed by atoms with Gasteiger partial charge in [-0.25, -0.2) is 8.42 Å². The van der Waals surface area contributed by atoms with Gasteiger partial charge in [0.05, 0.1) is 4.90 Å². The van der Waals surface area contributed by atoms with Gasteiger partial charge >= 0.3 is 0 Å². The standard InChI is InChI=1S/C23H17BrN2O5S/c24-17-9-7-16(8-10-17)21-26-23(32(27,28)18-4-2-1-3-5-18)22(31-21)25-13-15-6-11-19-20(12-15)30-14-29-19/h1-12,25H,13-14H2. The van der Waals surface area contributed by atoms with Gasteiger partial charge in [0.15, 0.2) is 11.5 Å². The molecule has 0 aliphatic carbocycles. The van der Waals surface area contributed by atoms with Crippen molar-refractivity contribution in [2.45, 2.75) is 16.5 Å². The molecular weight excluding hydrogens is 496 g/mol. The summed E-state index contributed by atoms with van der Waals surface area (Å²) in [6.07, 6.45) is 0. The summed E-state index contributed by atoms with van der Waals surface area (Å²) in [5, 5.41) is 2.92. The molecule has 2 heterocycles. The normalized spacial score (nSPS) is 12.7. The number of fused-ring (bicyclic) bond motifs is 1. The molecule has 0 fully saturated rings. The van der Waals surface area contributed by atoms with Gasteiger partial charge in [-0.05, 0) is 54.1 Å². The van der Waals surface area contributed by atoms with E-state index in [1.165, 1.54) is 12.1 Å². The lowest BCUT2D eigenvalue weighted by atomic mass is 10.2. The highest BCUT2D eigenvalue weighted by atomic mass is 79.9. The fourth-order valence-electron chi connectivity index (χ4n) is 3.26. The molecule has 162 valence electrons. The highest BCUT2D eigenvalue weighted by Gasteiger charge is 2.28. The summed E-state index contributed by atoms with van der Waals surface area (Å²) in [5.74, 6) is 1.61. The van der Waals surface area contributed by atoms with E-state index in [9.17, 15) is 8.42 Å². The molecule has 0 saturated heterocycles. The molecule has 32 heavy (non-hydrogen) atoms. The van der Waals surface area contributed by atoms with Crippen molar-refractivity contribution in [1.82, 2.24) is 4.98 Å². The van der Waals surface area contributed by atoms with E-state index in [2.05, 4.69) is 26.2 Å². The van der Waals surface area contributed by atoms with Gasteiger partial charge in [-0.3, -0.25) is 0 Å². The number of nitrogens with one attached hydrogen (secondary N) is 1. The average Bonchev–Trinajstić information content (AvgIpc) is 3.46. The largest absolute Gasteiger partial charge is 0.454 e. The minimum Gasteiger partial charge on any atom is -0.454 e. The molecule has 1 N–H and O–H groups in total. The quantitative estimate of drug-likeness (QED) is 0.375. The Bertz CT molecular complexity index is 1370. The van der Waals surface area contributed by atoms with Gasteiger partial charge in [0.1, 0.15) is 0 Å². The molecule has 0 radical (unpaired) electrons. The second kappa shape index (κ2) is 8.33. The van der Waals surface area contributed by atoms with E-state index < -0.39 is 9.84 Å². The topological polar surface area (TPSA) is 90.7 Å². The second-order valence-corrected chi connectivity index (χ2v) is 9.80. The van der Waals surface area contributed by atoms with E-state index in [4.69, 9.17) is 13.9 Å². The van der Waals surface area contributed by atoms with Crippen molar-refractivity contribution in [3.8, 4) is 23.0 Å². The number of nitrogens with zero attached hydrogens (tertiary/aromatic N) is 1. The third-order valence-corrected chi connectivity index (χ3v) is 7.09. The van der Waals surface area contributed by atoms with Crippen LogP contribution in [0, 0.1) is 0 Å². The lowest BCUT2D eigenvalue weighted by Gasteiger charge is -2.07. The Hall–Kier alpha value is -3.30. The van der Waals surface area contributed by atoms with Crippen LogP contribution in [0.15, 0.2) is 91.6 Å². The number of halogens is 1. The summed E-state index contributed by atoms with van der Waals surface area (Å²) in [7, 11) is -3.90. The minimum atomic E-state index is -3.90. The second-order valence-electron chi connectivity index (χ2n) is 7.02. The van der Waals surface area contributed by atoms with Crippen molar-refractivity contribution in [3.05, 3.63) is 82.8 Å². The molecule has 9 heteroatoms. The lowest BCUT2D eigenvalue weighted by Crippen LogP contribution is -2.07. The summed E-state index contributed by atoms with van der Waals surface area (Å²) in [6, 6.07) is 21.0. The molecule has 1 aromatic heterocycles. The Morgan fingerprint density at radius 1 is 0.938 bits per heavy atom. The molecule has 3 aromatic carbocycles. The Labute approximate surface area is 193 Å². The number of rotatable bonds is 6. The first-order valence-corrected chi connectivity index (χ1v) is 12.0. The number of benzene rings is 3. The SMILES string of the molecule is O=S(=O)(c1ccccc1)c1nc(-c2ccc(Br)cc2)oc1NCc1ccc2c(c1)OCO2. The van der Waals surface area contributed by atoms with Gasteiger partial charge in [0.2, 0.25) is 33.4 Å². The molecule has 0 spiro atoms. The predicted octanol–water partition coefficient (Wildman–Crippen LogP) is 5.28. The first-order valence-electron chi connectivity index (χ1n) is 9.70. The zero-order chi connectivity index (χ0) is 22.1. The van der Waals surface area contributed by atoms with E-state index in [1.54, 1.807) is 30.3 Å². The summed E-state index contributed by atoms with van der Waals surface area (Å²) in [5.41, 5.74) is 1.53. The van der Waals surface area contributed by atoms with Crippen molar-refractivity contribution in [1.29, 1.82) is 0 Å². The van der Waals surface area contributed by atoms with Gasteiger partial charge < -0.3 is 19.2 Å². The number of ether oxygens (including phenoxy) is 2. The minimum absolute atomic E-state index is 0.0736. The van der Waals surface area contributed by atoms with Crippen molar-refractivity contribution < 1.29 is 22.3 Å². The van der Waals surface area contributed by atoms with Crippen molar-refractivity contribution in [3.63, 3.8) is 0 Å². The van der Waals surface area contributed by atoms with Crippen LogP contribution in [0.1, 0.15) is 5.56 Å². The summed E-state index contributed by atoms with van der Waals surface area (Å²) in [4.78, 5) is 4.49. The molecule has 1 aliphatic rings. The number of hydrogen-bond acceptors (Lipinski definition) is 7. The number of aromatic nitrogens is 1. The van der Waals surface area contributed by atoms with Crippen molar-refractivity contribution >= 4 is 31.7 Å². The summed E-state index contributed by atoms with van der Waals surface area (Å²) < 4.78 is 44.2. The van der Waals surface area contributed by atoms with Crippen LogP contribution < -0.4 is 14.8 Å². The predicted molar refractivity (Wildman–Crippen MR) is 121 cm³/mol. The zero-order valence-corrected chi connectivity index (χ0v) is 19.0. The van der Waals surface area contributed by atoms with Gasteiger partial charge in [-0.1, -0.05) is 40.2 Å². The van der Waals surface area contributed by atoms with Crippen LogP contribution in [0.2, 0.25) is 0 Å². The van der Waals surface area contributed by atoms with Crippen LogP contribution in [0.5, 0.6) is 11.5 Å². The Morgan fingerprint density at radius 2 is 1.69 bits per heavy atom. The van der Waals surface area contributed by atoms with E-state index in [0.717, 1.165) is 10.0 Å². The smallest absolute Gasteiger partial charge is 0.234 e. The van der Waals surface area contributed by atoms with Crippen LogP contribution in [0.25, 0.3) is 11.5 Å². The highest BCUT2D eigenvalue weighted by molar-refractivity contribution is 9.10. The molecular formula is C23H17BrN2O5S. The van der Waals surface area contributed by atoms with Crippen LogP contribution >= 0.6 is 15.9 Å². The van der Waals surface area contributed by atoms with Gasteiger partial charge in [-0.2, -0.15) is 4.98 Å². The van der Waals surface area contributed by atoms with Crippen molar-refractivity contribution in [2.75, 3.05) is 12.1 Å². The molecule has 0 amide bonds. The molecule has 0 unspecified atom stereocenters. The number of oxazole rings is 1. The van der Waals surface area contributed by atoms with Crippen LogP contribution in [-0.4, -0.2) is 20.2 Å². The van der Waals surface area contributed by atoms with Crippen LogP contribution in [0.4, 0.5) is 5.88 Å². The maximum Gasteiger partial charge on any atom is 0.234 e. The fraction of sp³-hybridized carbons (Fsp3) is 0.0870. The van der Waals surface area contributed by atoms with Crippen LogP contribution in [0.3, 0.4) is 0 Å². The van der Waals surface area contributed by atoms with Gasteiger partial charge in [-0.15, -0.1) is 0 Å². The maximum atomic E-state index is 13.3. The number of sulfone groups is 1. The molecule has 0 saturated carbocycles. The third kappa shape index (κ3) is 3.96. The van der Waals surface area contributed by atoms with E-state index in [0.29, 0.717) is 23.6 Å². The highest BCUT2D eigenvalue weighted by Crippen LogP contribution is 2.35. The zero-order valence-electron chi connectivity index (χ0n) is 16.6. The summed E-state index contributed by atoms with van der Waals surface area (Å²) >= 11 is 3.39.